The van der Waals surface area contributed by atoms with Crippen LogP contribution in [-0.2, 0) is 25.1 Å². The molecule has 0 spiro atoms. The van der Waals surface area contributed by atoms with E-state index in [1.54, 1.807) is 22.2 Å². The number of thioether (sulfide) groups is 1. The highest BCUT2D eigenvalue weighted by Crippen LogP contribution is 2.38. The topological polar surface area (TPSA) is 87.0 Å². The molecular weight excluding hydrogens is 420 g/mol. The zero-order chi connectivity index (χ0) is 20.1. The first-order chi connectivity index (χ1) is 14.8. The molecule has 30 heavy (non-hydrogen) atoms. The highest BCUT2D eigenvalue weighted by Gasteiger charge is 2.29. The summed E-state index contributed by atoms with van der Waals surface area (Å²) in [7, 11) is 0. The van der Waals surface area contributed by atoms with Crippen LogP contribution >= 0.6 is 23.1 Å². The van der Waals surface area contributed by atoms with Gasteiger partial charge in [0.05, 0.1) is 23.9 Å². The average Bonchev–Trinajstić information content (AvgIpc) is 3.16. The monoisotopic (exact) mass is 440 g/mol. The van der Waals surface area contributed by atoms with Crippen molar-refractivity contribution in [3.8, 4) is 0 Å². The molecular formula is C21H20N4O3S2. The number of aromatic nitrogens is 4. The van der Waals surface area contributed by atoms with E-state index >= 15 is 0 Å². The largest absolute Gasteiger partial charge is 0.467 e. The zero-order valence-electron chi connectivity index (χ0n) is 16.3. The van der Waals surface area contributed by atoms with Crippen molar-refractivity contribution in [3.63, 3.8) is 0 Å². The molecule has 7 nitrogen and oxygen atoms in total. The number of hydrogen-bond acceptors (Lipinski definition) is 8. The molecule has 0 atom stereocenters. The van der Waals surface area contributed by atoms with Gasteiger partial charge in [-0.1, -0.05) is 16.9 Å². The van der Waals surface area contributed by atoms with Crippen molar-refractivity contribution in [2.75, 3.05) is 0 Å². The molecule has 154 valence electrons. The van der Waals surface area contributed by atoms with Crippen LogP contribution in [-0.4, -0.2) is 19.7 Å². The molecule has 0 aromatic carbocycles. The normalized spacial score (nSPS) is 16.3. The molecule has 0 N–H and O–H groups in total. The van der Waals surface area contributed by atoms with Crippen LogP contribution in [0.1, 0.15) is 59.5 Å². The van der Waals surface area contributed by atoms with Gasteiger partial charge < -0.3 is 8.94 Å². The van der Waals surface area contributed by atoms with Gasteiger partial charge in [-0.25, -0.2) is 4.98 Å². The molecule has 0 aliphatic heterocycles. The summed E-state index contributed by atoms with van der Waals surface area (Å²) in [5, 5.41) is 5.54. The highest BCUT2D eigenvalue weighted by atomic mass is 32.2. The van der Waals surface area contributed by atoms with Gasteiger partial charge in [-0.15, -0.1) is 11.3 Å². The van der Waals surface area contributed by atoms with E-state index < -0.39 is 0 Å². The van der Waals surface area contributed by atoms with Crippen molar-refractivity contribution in [3.05, 3.63) is 56.7 Å². The third-order valence-corrected chi connectivity index (χ3v) is 7.83. The number of rotatable bonds is 6. The Morgan fingerprint density at radius 1 is 1.23 bits per heavy atom. The molecule has 0 saturated heterocycles. The van der Waals surface area contributed by atoms with E-state index in [0.717, 1.165) is 53.9 Å². The standard InChI is InChI=1S/C21H20N4O3S2/c26-20-17-14-5-1-2-6-15(14)30-19(17)23-21(25(20)10-13-4-3-9-27-13)29-11-16-22-18(24-28-16)12-7-8-12/h3-4,9,12H,1-2,5-8,10-11H2. The minimum Gasteiger partial charge on any atom is -0.467 e. The van der Waals surface area contributed by atoms with Crippen molar-refractivity contribution < 1.29 is 8.94 Å². The second-order valence-corrected chi connectivity index (χ2v) is 9.89. The Hall–Kier alpha value is -2.39. The molecule has 0 amide bonds. The summed E-state index contributed by atoms with van der Waals surface area (Å²) in [6.45, 7) is 0.360. The zero-order valence-corrected chi connectivity index (χ0v) is 17.9. The summed E-state index contributed by atoms with van der Waals surface area (Å²) in [6, 6.07) is 3.72. The lowest BCUT2D eigenvalue weighted by atomic mass is 9.97. The summed E-state index contributed by atoms with van der Waals surface area (Å²) in [5.41, 5.74) is 1.22. The molecule has 1 saturated carbocycles. The molecule has 4 heterocycles. The maximum atomic E-state index is 13.5. The van der Waals surface area contributed by atoms with Crippen LogP contribution in [0.25, 0.3) is 10.2 Å². The Morgan fingerprint density at radius 2 is 2.13 bits per heavy atom. The van der Waals surface area contributed by atoms with Gasteiger partial charge >= 0.3 is 0 Å². The van der Waals surface area contributed by atoms with Gasteiger partial charge in [0.15, 0.2) is 11.0 Å². The fraction of sp³-hybridized carbons (Fsp3) is 0.429. The van der Waals surface area contributed by atoms with E-state index in [1.165, 1.54) is 28.6 Å². The van der Waals surface area contributed by atoms with E-state index in [1.807, 2.05) is 12.1 Å². The Balaban J connectivity index is 1.39. The molecule has 6 rings (SSSR count). The second-order valence-electron chi connectivity index (χ2n) is 7.87. The average molecular weight is 441 g/mol. The number of aryl methyl sites for hydroxylation is 2. The molecule has 2 aliphatic carbocycles. The van der Waals surface area contributed by atoms with Gasteiger partial charge in [-0.05, 0) is 56.2 Å². The first kappa shape index (κ1) is 18.4. The molecule has 9 heteroatoms. The number of furan rings is 1. The van der Waals surface area contributed by atoms with Gasteiger partial charge in [0.2, 0.25) is 5.89 Å². The van der Waals surface area contributed by atoms with Crippen LogP contribution in [0.5, 0.6) is 0 Å². The van der Waals surface area contributed by atoms with Gasteiger partial charge in [0, 0.05) is 10.8 Å². The van der Waals surface area contributed by atoms with Gasteiger partial charge in [0.1, 0.15) is 10.6 Å². The third kappa shape index (κ3) is 3.30. The first-order valence-corrected chi connectivity index (χ1v) is 12.1. The SMILES string of the molecule is O=c1c2c3c(sc2nc(SCc2nc(C4CC4)no2)n1Cc1ccco1)CCCC3. The van der Waals surface area contributed by atoms with Gasteiger partial charge in [0.25, 0.3) is 5.56 Å². The number of hydrogen-bond donors (Lipinski definition) is 0. The van der Waals surface area contributed by atoms with Gasteiger partial charge in [-0.2, -0.15) is 4.98 Å². The van der Waals surface area contributed by atoms with E-state index in [4.69, 9.17) is 13.9 Å². The predicted octanol–water partition coefficient (Wildman–Crippen LogP) is 4.53. The van der Waals surface area contributed by atoms with Crippen LogP contribution in [0.15, 0.2) is 37.3 Å². The lowest BCUT2D eigenvalue weighted by Gasteiger charge is -2.12. The van der Waals surface area contributed by atoms with Crippen LogP contribution in [0.3, 0.4) is 0 Å². The van der Waals surface area contributed by atoms with E-state index in [9.17, 15) is 4.79 Å². The maximum Gasteiger partial charge on any atom is 0.263 e. The maximum absolute atomic E-state index is 13.5. The van der Waals surface area contributed by atoms with E-state index in [0.29, 0.717) is 29.3 Å². The molecule has 0 bridgehead atoms. The van der Waals surface area contributed by atoms with Crippen molar-refractivity contribution >= 4 is 33.3 Å². The highest BCUT2D eigenvalue weighted by molar-refractivity contribution is 7.98. The fourth-order valence-corrected chi connectivity index (χ4v) is 6.13. The van der Waals surface area contributed by atoms with E-state index in [2.05, 4.69) is 10.1 Å². The van der Waals surface area contributed by atoms with Crippen molar-refractivity contribution in [2.45, 2.75) is 61.9 Å². The first-order valence-electron chi connectivity index (χ1n) is 10.3. The third-order valence-electron chi connectivity index (χ3n) is 5.68. The summed E-state index contributed by atoms with van der Waals surface area (Å²) < 4.78 is 12.7. The molecule has 0 unspecified atom stereocenters. The molecule has 2 aliphatic rings. The summed E-state index contributed by atoms with van der Waals surface area (Å²) in [4.78, 5) is 25.1. The molecule has 0 radical (unpaired) electrons. The Labute approximate surface area is 180 Å². The minimum atomic E-state index is 0.0162. The summed E-state index contributed by atoms with van der Waals surface area (Å²) in [6.07, 6.45) is 8.22. The van der Waals surface area contributed by atoms with Gasteiger partial charge in [-0.3, -0.25) is 9.36 Å². The van der Waals surface area contributed by atoms with Crippen LogP contribution in [0.2, 0.25) is 0 Å². The number of thiophene rings is 1. The lowest BCUT2D eigenvalue weighted by Crippen LogP contribution is -2.24. The molecule has 1 fully saturated rings. The quantitative estimate of drug-likeness (QED) is 0.321. The molecule has 4 aromatic heterocycles. The molecule has 4 aromatic rings. The minimum absolute atomic E-state index is 0.0162. The van der Waals surface area contributed by atoms with Crippen LogP contribution in [0.4, 0.5) is 0 Å². The lowest BCUT2D eigenvalue weighted by molar-refractivity contribution is 0.385. The fourth-order valence-electron chi connectivity index (χ4n) is 3.99. The van der Waals surface area contributed by atoms with Crippen molar-refractivity contribution in [1.82, 2.24) is 19.7 Å². The van der Waals surface area contributed by atoms with Crippen molar-refractivity contribution in [1.29, 1.82) is 0 Å². The van der Waals surface area contributed by atoms with Crippen LogP contribution in [0, 0.1) is 0 Å². The predicted molar refractivity (Wildman–Crippen MR) is 114 cm³/mol. The number of nitrogens with zero attached hydrogens (tertiary/aromatic N) is 4. The Bertz CT molecular complexity index is 1270. The van der Waals surface area contributed by atoms with E-state index in [-0.39, 0.29) is 5.56 Å². The van der Waals surface area contributed by atoms with Crippen molar-refractivity contribution in [2.24, 2.45) is 0 Å². The Morgan fingerprint density at radius 3 is 2.97 bits per heavy atom. The summed E-state index contributed by atoms with van der Waals surface area (Å²) in [5.74, 6) is 3.05. The summed E-state index contributed by atoms with van der Waals surface area (Å²) >= 11 is 3.13. The number of fused-ring (bicyclic) bond motifs is 3. The smallest absolute Gasteiger partial charge is 0.263 e. The van der Waals surface area contributed by atoms with Crippen LogP contribution < -0.4 is 5.56 Å². The second kappa shape index (κ2) is 7.39. The Kier molecular flexibility index (Phi) is 4.53.